The van der Waals surface area contributed by atoms with Crippen LogP contribution in [0.15, 0.2) is 12.1 Å². The van der Waals surface area contributed by atoms with Gasteiger partial charge in [0.2, 0.25) is 11.8 Å². The van der Waals surface area contributed by atoms with Gasteiger partial charge in [-0.1, -0.05) is 12.1 Å². The fraction of sp³-hybridized carbons (Fsp3) is 0.556. The van der Waals surface area contributed by atoms with Crippen LogP contribution in [0.2, 0.25) is 0 Å². The largest absolute Gasteiger partial charge is 0.496 e. The number of hydrogen-bond acceptors (Lipinski definition) is 4. The molecule has 0 aliphatic carbocycles. The molecule has 6 heteroatoms. The third kappa shape index (κ3) is 3.70. The Bertz CT molecular complexity index is 621. The van der Waals surface area contributed by atoms with Gasteiger partial charge in [-0.25, -0.2) is 0 Å². The molecule has 2 amide bonds. The number of likely N-dealkylation sites (tertiary alicyclic amines) is 1. The smallest absolute Gasteiger partial charge is 0.245 e. The molecule has 1 N–H and O–H groups in total. The van der Waals surface area contributed by atoms with Gasteiger partial charge in [-0.3, -0.25) is 9.59 Å². The molecule has 132 valence electrons. The van der Waals surface area contributed by atoms with Crippen molar-refractivity contribution < 1.29 is 19.4 Å². The number of carbonyl (C=O) groups excluding carboxylic acids is 2. The Morgan fingerprint density at radius 2 is 1.92 bits per heavy atom. The van der Waals surface area contributed by atoms with Gasteiger partial charge in [0.25, 0.3) is 0 Å². The molecule has 0 saturated carbocycles. The van der Waals surface area contributed by atoms with E-state index in [0.717, 1.165) is 22.4 Å². The summed E-state index contributed by atoms with van der Waals surface area (Å²) in [5.74, 6) is 0.525. The number of nitrogens with zero attached hydrogens (tertiary/aromatic N) is 2. The van der Waals surface area contributed by atoms with E-state index in [9.17, 15) is 14.7 Å². The fourth-order valence-electron chi connectivity index (χ4n) is 3.46. The topological polar surface area (TPSA) is 70.1 Å². The predicted octanol–water partition coefficient (Wildman–Crippen LogP) is 1.25. The first-order chi connectivity index (χ1) is 11.2. The van der Waals surface area contributed by atoms with Crippen LogP contribution in [0.25, 0.3) is 0 Å². The Morgan fingerprint density at radius 1 is 1.33 bits per heavy atom. The number of β-amino-alcohol motifs (C(OH)–C–C–N with tert-alkyl or cyclic N) is 1. The maximum Gasteiger partial charge on any atom is 0.245 e. The van der Waals surface area contributed by atoms with Crippen LogP contribution in [-0.4, -0.2) is 59.6 Å². The normalized spacial score (nSPS) is 20.2. The lowest BCUT2D eigenvalue weighted by Crippen LogP contribution is -2.45. The zero-order valence-electron chi connectivity index (χ0n) is 15.0. The second-order valence-corrected chi connectivity index (χ2v) is 6.53. The van der Waals surface area contributed by atoms with E-state index in [1.165, 1.54) is 11.8 Å². The van der Waals surface area contributed by atoms with Gasteiger partial charge in [-0.15, -0.1) is 0 Å². The summed E-state index contributed by atoms with van der Waals surface area (Å²) in [4.78, 5) is 27.4. The van der Waals surface area contributed by atoms with Crippen LogP contribution >= 0.6 is 0 Å². The summed E-state index contributed by atoms with van der Waals surface area (Å²) in [5, 5.41) is 9.79. The monoisotopic (exact) mass is 334 g/mol. The van der Waals surface area contributed by atoms with Crippen molar-refractivity contribution in [2.75, 3.05) is 20.7 Å². The highest BCUT2D eigenvalue weighted by molar-refractivity contribution is 5.87. The number of aliphatic hydroxyl groups excluding tert-OH is 1. The molecule has 0 bridgehead atoms. The van der Waals surface area contributed by atoms with Crippen LogP contribution in [0, 0.1) is 13.8 Å². The van der Waals surface area contributed by atoms with E-state index in [1.807, 2.05) is 26.0 Å². The molecule has 0 radical (unpaired) electrons. The molecule has 1 aromatic rings. The third-order valence-corrected chi connectivity index (χ3v) is 4.49. The zero-order chi connectivity index (χ0) is 18.0. The number of aliphatic hydroxyl groups is 1. The van der Waals surface area contributed by atoms with Gasteiger partial charge in [0.1, 0.15) is 11.8 Å². The number of aryl methyl sites for hydroxylation is 2. The molecule has 0 unspecified atom stereocenters. The van der Waals surface area contributed by atoms with E-state index < -0.39 is 12.1 Å². The summed E-state index contributed by atoms with van der Waals surface area (Å²) in [6.45, 7) is 6.04. The molecule has 1 heterocycles. The van der Waals surface area contributed by atoms with Gasteiger partial charge < -0.3 is 19.6 Å². The Hall–Kier alpha value is -2.08. The van der Waals surface area contributed by atoms with Crippen LogP contribution in [0.1, 0.15) is 30.0 Å². The number of ether oxygens (including phenoxy) is 1. The standard InChI is InChI=1S/C18H26N2O4/c1-11-6-14(7-12(2)17(11)24-5)9-19(4)18(23)16-8-15(22)10-20(16)13(3)21/h6-7,15-16,22H,8-10H2,1-5H3/t15-,16-/m1/s1. The number of rotatable bonds is 4. The summed E-state index contributed by atoms with van der Waals surface area (Å²) in [7, 11) is 3.37. The zero-order valence-corrected chi connectivity index (χ0v) is 15.0. The van der Waals surface area contributed by atoms with Gasteiger partial charge in [0.15, 0.2) is 0 Å². The third-order valence-electron chi connectivity index (χ3n) is 4.49. The van der Waals surface area contributed by atoms with Crippen LogP contribution in [0.3, 0.4) is 0 Å². The summed E-state index contributed by atoms with van der Waals surface area (Å²) >= 11 is 0. The van der Waals surface area contributed by atoms with Crippen molar-refractivity contribution in [3.63, 3.8) is 0 Å². The number of benzene rings is 1. The highest BCUT2D eigenvalue weighted by atomic mass is 16.5. The van der Waals surface area contributed by atoms with Crippen molar-refractivity contribution in [3.05, 3.63) is 28.8 Å². The maximum absolute atomic E-state index is 12.7. The molecule has 1 aliphatic rings. The summed E-state index contributed by atoms with van der Waals surface area (Å²) in [5.41, 5.74) is 3.06. The summed E-state index contributed by atoms with van der Waals surface area (Å²) < 4.78 is 5.36. The van der Waals surface area contributed by atoms with Crippen molar-refractivity contribution in [2.24, 2.45) is 0 Å². The molecular formula is C18H26N2O4. The van der Waals surface area contributed by atoms with Crippen molar-refractivity contribution in [3.8, 4) is 5.75 Å². The Morgan fingerprint density at radius 3 is 2.42 bits per heavy atom. The molecule has 1 saturated heterocycles. The average Bonchev–Trinajstić information content (AvgIpc) is 2.88. The van der Waals surface area contributed by atoms with E-state index in [2.05, 4.69) is 0 Å². The first kappa shape index (κ1) is 18.3. The van der Waals surface area contributed by atoms with Crippen molar-refractivity contribution >= 4 is 11.8 Å². The second kappa shape index (κ2) is 7.21. The van der Waals surface area contributed by atoms with E-state index >= 15 is 0 Å². The maximum atomic E-state index is 12.7. The van der Waals surface area contributed by atoms with Crippen molar-refractivity contribution in [1.29, 1.82) is 0 Å². The molecule has 0 spiro atoms. The van der Waals surface area contributed by atoms with Crippen molar-refractivity contribution in [1.82, 2.24) is 9.80 Å². The molecule has 24 heavy (non-hydrogen) atoms. The fourth-order valence-corrected chi connectivity index (χ4v) is 3.46. The first-order valence-corrected chi connectivity index (χ1v) is 8.09. The number of hydrogen-bond donors (Lipinski definition) is 1. The Kier molecular flexibility index (Phi) is 5.49. The average molecular weight is 334 g/mol. The van der Waals surface area contributed by atoms with E-state index in [1.54, 1.807) is 19.1 Å². The number of likely N-dealkylation sites (N-methyl/N-ethyl adjacent to an activating group) is 1. The minimum absolute atomic E-state index is 0.145. The van der Waals surface area contributed by atoms with Gasteiger partial charge in [-0.2, -0.15) is 0 Å². The quantitative estimate of drug-likeness (QED) is 0.900. The van der Waals surface area contributed by atoms with Gasteiger partial charge in [0, 0.05) is 33.5 Å². The van der Waals surface area contributed by atoms with Crippen LogP contribution in [0.5, 0.6) is 5.75 Å². The first-order valence-electron chi connectivity index (χ1n) is 8.09. The molecule has 0 aromatic heterocycles. The van der Waals surface area contributed by atoms with Crippen LogP contribution in [-0.2, 0) is 16.1 Å². The summed E-state index contributed by atoms with van der Waals surface area (Å²) in [6.07, 6.45) is -0.342. The highest BCUT2D eigenvalue weighted by Crippen LogP contribution is 2.25. The lowest BCUT2D eigenvalue weighted by atomic mass is 10.0. The molecule has 6 nitrogen and oxygen atoms in total. The Labute approximate surface area is 143 Å². The number of methoxy groups -OCH3 is 1. The minimum Gasteiger partial charge on any atom is -0.496 e. The minimum atomic E-state index is -0.637. The van der Waals surface area contributed by atoms with Crippen LogP contribution < -0.4 is 4.74 Å². The highest BCUT2D eigenvalue weighted by Gasteiger charge is 2.38. The second-order valence-electron chi connectivity index (χ2n) is 6.53. The Balaban J connectivity index is 2.13. The summed E-state index contributed by atoms with van der Waals surface area (Å²) in [6, 6.07) is 3.42. The molecule has 1 fully saturated rings. The van der Waals surface area contributed by atoms with Crippen LogP contribution in [0.4, 0.5) is 0 Å². The van der Waals surface area contributed by atoms with Gasteiger partial charge in [0.05, 0.1) is 13.2 Å². The van der Waals surface area contributed by atoms with Crippen molar-refractivity contribution in [2.45, 2.75) is 45.9 Å². The van der Waals surface area contributed by atoms with Gasteiger partial charge >= 0.3 is 0 Å². The van der Waals surface area contributed by atoms with E-state index in [4.69, 9.17) is 4.74 Å². The number of carbonyl (C=O) groups is 2. The van der Waals surface area contributed by atoms with E-state index in [-0.39, 0.29) is 18.4 Å². The molecule has 1 aliphatic heterocycles. The SMILES string of the molecule is COc1c(C)cc(CN(C)C(=O)[C@H]2C[C@@H](O)CN2C(C)=O)cc1C. The molecule has 2 rings (SSSR count). The van der Waals surface area contributed by atoms with E-state index in [0.29, 0.717) is 13.0 Å². The lowest BCUT2D eigenvalue weighted by molar-refractivity contribution is -0.142. The lowest BCUT2D eigenvalue weighted by Gasteiger charge is -2.27. The molecule has 2 atom stereocenters. The number of amides is 2. The molecule has 1 aromatic carbocycles. The molecular weight excluding hydrogens is 308 g/mol. The predicted molar refractivity (Wildman–Crippen MR) is 90.7 cm³/mol. The van der Waals surface area contributed by atoms with Gasteiger partial charge in [-0.05, 0) is 30.5 Å².